The van der Waals surface area contributed by atoms with E-state index >= 15 is 0 Å². The Morgan fingerprint density at radius 2 is 2.00 bits per heavy atom. The topological polar surface area (TPSA) is 72.0 Å². The molecule has 0 saturated carbocycles. The molecule has 2 aromatic carbocycles. The van der Waals surface area contributed by atoms with Crippen LogP contribution in [0.15, 0.2) is 52.1 Å². The van der Waals surface area contributed by atoms with Gasteiger partial charge in [-0.05, 0) is 54.3 Å². The predicted octanol–water partition coefficient (Wildman–Crippen LogP) is 3.90. The molecule has 0 bridgehead atoms. The third-order valence-electron chi connectivity index (χ3n) is 4.53. The molecule has 0 radical (unpaired) electrons. The van der Waals surface area contributed by atoms with Gasteiger partial charge in [-0.15, -0.1) is 0 Å². The van der Waals surface area contributed by atoms with Gasteiger partial charge in [-0.25, -0.2) is 18.4 Å². The summed E-state index contributed by atoms with van der Waals surface area (Å²) in [6.07, 6.45) is 4.69. The van der Waals surface area contributed by atoms with Gasteiger partial charge in [0.05, 0.1) is 16.5 Å². The highest BCUT2D eigenvalue weighted by atomic mass is 79.9. The summed E-state index contributed by atoms with van der Waals surface area (Å²) in [6, 6.07) is 11.4. The minimum atomic E-state index is -3.28. The number of sulfone groups is 1. The quantitative estimate of drug-likeness (QED) is 0.699. The number of benzene rings is 2. The van der Waals surface area contributed by atoms with Crippen molar-refractivity contribution in [2.24, 2.45) is 0 Å². The molecule has 1 atom stereocenters. The van der Waals surface area contributed by atoms with Crippen LogP contribution in [0, 0.1) is 0 Å². The fourth-order valence-corrected chi connectivity index (χ4v) is 4.34. The number of nitrogens with one attached hydrogen (secondary N) is 1. The monoisotopic (exact) mass is 417 g/mol. The Labute approximate surface area is 154 Å². The van der Waals surface area contributed by atoms with E-state index in [0.29, 0.717) is 5.82 Å². The van der Waals surface area contributed by atoms with Gasteiger partial charge in [-0.3, -0.25) is 0 Å². The minimum absolute atomic E-state index is 0.156. The van der Waals surface area contributed by atoms with Gasteiger partial charge in [-0.1, -0.05) is 22.0 Å². The number of hydrogen-bond donors (Lipinski definition) is 1. The Morgan fingerprint density at radius 3 is 2.80 bits per heavy atom. The van der Waals surface area contributed by atoms with Crippen LogP contribution in [0.4, 0.5) is 5.82 Å². The Balaban J connectivity index is 1.76. The molecule has 1 N–H and O–H groups in total. The van der Waals surface area contributed by atoms with Crippen molar-refractivity contribution in [3.8, 4) is 0 Å². The Hall–Kier alpha value is -1.99. The van der Waals surface area contributed by atoms with Crippen molar-refractivity contribution in [1.29, 1.82) is 0 Å². The fourth-order valence-electron chi connectivity index (χ4n) is 3.28. The minimum Gasteiger partial charge on any atom is -0.363 e. The molecule has 0 amide bonds. The van der Waals surface area contributed by atoms with Crippen LogP contribution < -0.4 is 5.32 Å². The van der Waals surface area contributed by atoms with E-state index < -0.39 is 9.84 Å². The average Bonchev–Trinajstić information content (AvgIpc) is 2.96. The molecule has 1 heterocycles. The standard InChI is InChI=1S/C18H16BrN3O2S/c1-25(23,24)13-4-7-16-15(9-13)18(21-10-20-16)22-17-6-2-11-8-12(19)3-5-14(11)17/h3-5,7-10,17H,2,6H2,1H3,(H,20,21,22). The first-order valence-corrected chi connectivity index (χ1v) is 10.6. The highest BCUT2D eigenvalue weighted by Crippen LogP contribution is 2.36. The molecule has 0 aliphatic heterocycles. The maximum atomic E-state index is 11.9. The van der Waals surface area contributed by atoms with Crippen LogP contribution >= 0.6 is 15.9 Å². The lowest BCUT2D eigenvalue weighted by Gasteiger charge is -2.16. The number of halogens is 1. The highest BCUT2D eigenvalue weighted by Gasteiger charge is 2.23. The Kier molecular flexibility index (Phi) is 4.00. The molecule has 128 valence electrons. The number of aryl methyl sites for hydroxylation is 1. The molecule has 5 nitrogen and oxygen atoms in total. The molecule has 1 aliphatic carbocycles. The van der Waals surface area contributed by atoms with E-state index in [2.05, 4.69) is 43.3 Å². The molecule has 0 saturated heterocycles. The number of hydrogen-bond acceptors (Lipinski definition) is 5. The Morgan fingerprint density at radius 1 is 1.16 bits per heavy atom. The highest BCUT2D eigenvalue weighted by molar-refractivity contribution is 9.10. The summed E-state index contributed by atoms with van der Waals surface area (Å²) in [5, 5.41) is 4.20. The third kappa shape index (κ3) is 3.14. The summed E-state index contributed by atoms with van der Waals surface area (Å²) in [6.45, 7) is 0. The van der Waals surface area contributed by atoms with Gasteiger partial charge in [0.15, 0.2) is 9.84 Å². The van der Waals surface area contributed by atoms with E-state index in [-0.39, 0.29) is 10.9 Å². The van der Waals surface area contributed by atoms with E-state index in [1.807, 2.05) is 6.07 Å². The summed E-state index contributed by atoms with van der Waals surface area (Å²) in [5.41, 5.74) is 3.30. The van der Waals surface area contributed by atoms with Gasteiger partial charge in [0.2, 0.25) is 0 Å². The third-order valence-corrected chi connectivity index (χ3v) is 6.13. The zero-order chi connectivity index (χ0) is 17.6. The van der Waals surface area contributed by atoms with Gasteiger partial charge in [0.1, 0.15) is 12.1 Å². The lowest BCUT2D eigenvalue weighted by molar-refractivity contribution is 0.602. The molecule has 3 aromatic rings. The molecule has 4 rings (SSSR count). The molecule has 1 aliphatic rings. The predicted molar refractivity (Wildman–Crippen MR) is 101 cm³/mol. The molecule has 0 spiro atoms. The molecule has 1 unspecified atom stereocenters. The molecular formula is C18H16BrN3O2S. The van der Waals surface area contributed by atoms with Crippen molar-refractivity contribution in [2.45, 2.75) is 23.8 Å². The van der Waals surface area contributed by atoms with Gasteiger partial charge in [0, 0.05) is 16.1 Å². The van der Waals surface area contributed by atoms with Crippen molar-refractivity contribution < 1.29 is 8.42 Å². The van der Waals surface area contributed by atoms with Crippen molar-refractivity contribution in [2.75, 3.05) is 11.6 Å². The van der Waals surface area contributed by atoms with Crippen LogP contribution in [0.2, 0.25) is 0 Å². The molecular weight excluding hydrogens is 402 g/mol. The van der Waals surface area contributed by atoms with Crippen molar-refractivity contribution in [3.05, 3.63) is 58.3 Å². The van der Waals surface area contributed by atoms with Crippen molar-refractivity contribution in [1.82, 2.24) is 9.97 Å². The number of anilines is 1. The number of nitrogens with zero attached hydrogens (tertiary/aromatic N) is 2. The second-order valence-electron chi connectivity index (χ2n) is 6.25. The summed E-state index contributed by atoms with van der Waals surface area (Å²) in [5.74, 6) is 0.663. The van der Waals surface area contributed by atoms with Crippen LogP contribution in [0.1, 0.15) is 23.6 Å². The van der Waals surface area contributed by atoms with Crippen LogP contribution in [0.5, 0.6) is 0 Å². The van der Waals surface area contributed by atoms with E-state index in [0.717, 1.165) is 28.2 Å². The van der Waals surface area contributed by atoms with Gasteiger partial charge < -0.3 is 5.32 Å². The molecule has 7 heteroatoms. The van der Waals surface area contributed by atoms with Gasteiger partial charge in [0.25, 0.3) is 0 Å². The SMILES string of the molecule is CS(=O)(=O)c1ccc2ncnc(NC3CCc4cc(Br)ccc43)c2c1. The number of fused-ring (bicyclic) bond motifs is 2. The van der Waals surface area contributed by atoms with Crippen molar-refractivity contribution >= 4 is 42.5 Å². The van der Waals surface area contributed by atoms with E-state index in [1.54, 1.807) is 18.2 Å². The summed E-state index contributed by atoms with van der Waals surface area (Å²) in [4.78, 5) is 8.87. The van der Waals surface area contributed by atoms with Crippen LogP contribution in [0.25, 0.3) is 10.9 Å². The lowest BCUT2D eigenvalue weighted by Crippen LogP contribution is -2.09. The first kappa shape index (κ1) is 16.5. The second kappa shape index (κ2) is 6.07. The van der Waals surface area contributed by atoms with E-state index in [1.165, 1.54) is 23.7 Å². The zero-order valence-electron chi connectivity index (χ0n) is 13.5. The summed E-state index contributed by atoms with van der Waals surface area (Å²) in [7, 11) is -3.28. The van der Waals surface area contributed by atoms with Gasteiger partial charge >= 0.3 is 0 Å². The van der Waals surface area contributed by atoms with Crippen molar-refractivity contribution in [3.63, 3.8) is 0 Å². The number of aromatic nitrogens is 2. The maximum Gasteiger partial charge on any atom is 0.175 e. The lowest BCUT2D eigenvalue weighted by atomic mass is 10.1. The largest absolute Gasteiger partial charge is 0.363 e. The first-order chi connectivity index (χ1) is 11.9. The van der Waals surface area contributed by atoms with E-state index in [9.17, 15) is 8.42 Å². The smallest absolute Gasteiger partial charge is 0.175 e. The number of rotatable bonds is 3. The fraction of sp³-hybridized carbons (Fsp3) is 0.222. The molecule has 0 fully saturated rings. The molecule has 1 aromatic heterocycles. The van der Waals surface area contributed by atoms with E-state index in [4.69, 9.17) is 0 Å². The second-order valence-corrected chi connectivity index (χ2v) is 9.18. The van der Waals surface area contributed by atoms with Crippen LogP contribution in [-0.2, 0) is 16.3 Å². The normalized spacial score (nSPS) is 16.8. The van der Waals surface area contributed by atoms with Gasteiger partial charge in [-0.2, -0.15) is 0 Å². The first-order valence-electron chi connectivity index (χ1n) is 7.91. The summed E-state index contributed by atoms with van der Waals surface area (Å²) < 4.78 is 24.8. The maximum absolute atomic E-state index is 11.9. The Bertz CT molecular complexity index is 1080. The van der Waals surface area contributed by atoms with Crippen LogP contribution in [0.3, 0.4) is 0 Å². The summed E-state index contributed by atoms with van der Waals surface area (Å²) >= 11 is 3.51. The van der Waals surface area contributed by atoms with Crippen LogP contribution in [-0.4, -0.2) is 24.6 Å². The molecule has 25 heavy (non-hydrogen) atoms. The zero-order valence-corrected chi connectivity index (χ0v) is 15.9. The average molecular weight is 418 g/mol.